The van der Waals surface area contributed by atoms with Crippen molar-refractivity contribution in [3.63, 3.8) is 0 Å². The summed E-state index contributed by atoms with van der Waals surface area (Å²) in [5.74, 6) is -6.87. The molecule has 15 heteroatoms. The molecule has 1 saturated carbocycles. The Bertz CT molecular complexity index is 1850. The van der Waals surface area contributed by atoms with Crippen LogP contribution in [0.25, 0.3) is 17.4 Å². The molecule has 0 radical (unpaired) electrons. The van der Waals surface area contributed by atoms with Crippen LogP contribution in [0, 0.1) is 16.7 Å². The van der Waals surface area contributed by atoms with E-state index in [4.69, 9.17) is 33.9 Å². The van der Waals surface area contributed by atoms with Crippen LogP contribution in [0.1, 0.15) is 16.7 Å². The summed E-state index contributed by atoms with van der Waals surface area (Å²) in [5, 5.41) is 49.3. The third-order valence-electron chi connectivity index (χ3n) is 8.61. The number of nitriles is 1. The molecule has 0 heterocycles. The monoisotopic (exact) mass is 638 g/mol. The lowest BCUT2D eigenvalue weighted by Crippen LogP contribution is -2.87. The molecule has 1 unspecified atom stereocenters. The van der Waals surface area contributed by atoms with Crippen LogP contribution in [0.2, 0.25) is 5.02 Å². The lowest BCUT2D eigenvalue weighted by Gasteiger charge is -2.62. The molecule has 0 aliphatic heterocycles. The zero-order chi connectivity index (χ0) is 32.7. The van der Waals surface area contributed by atoms with Crippen molar-refractivity contribution < 1.29 is 33.9 Å². The number of hydrogen-bond acceptors (Lipinski definition) is 11. The first-order chi connectivity index (χ1) is 20.5. The molecule has 5 rings (SSSR count). The molecular formula is C29H27ClN6O7S. The molecule has 2 aromatic carbocycles. The van der Waals surface area contributed by atoms with E-state index in [2.05, 4.69) is 0 Å². The first-order valence-electron chi connectivity index (χ1n) is 12.9. The number of primary amides is 1. The minimum absolute atomic E-state index is 0.0267. The van der Waals surface area contributed by atoms with Crippen molar-refractivity contribution in [3.05, 3.63) is 81.1 Å². The summed E-state index contributed by atoms with van der Waals surface area (Å²) >= 11 is 6.07. The highest BCUT2D eigenvalue weighted by Gasteiger charge is 2.80. The summed E-state index contributed by atoms with van der Waals surface area (Å²) in [6.07, 6.45) is 1.47. The molecule has 1 fully saturated rings. The summed E-state index contributed by atoms with van der Waals surface area (Å²) in [7, 11) is -0.0517. The van der Waals surface area contributed by atoms with Crippen LogP contribution in [0.15, 0.2) is 59.4 Å². The molecule has 3 aliphatic rings. The molecule has 0 bridgehead atoms. The summed E-state index contributed by atoms with van der Waals surface area (Å²) in [5.41, 5.74) is 9.70. The van der Waals surface area contributed by atoms with Gasteiger partial charge in [0.05, 0.1) is 50.6 Å². The molecule has 6 atom stereocenters. The second-order valence-corrected chi connectivity index (χ2v) is 12.6. The van der Waals surface area contributed by atoms with Crippen LogP contribution in [-0.2, 0) is 25.4 Å². The van der Waals surface area contributed by atoms with E-state index >= 15 is 0 Å². The Kier molecular flexibility index (Phi) is 7.13. The van der Waals surface area contributed by atoms with Crippen LogP contribution in [-0.4, -0.2) is 78.4 Å². The quantitative estimate of drug-likeness (QED) is 0.222. The number of likely N-dealkylation sites (N-methyl/N-ethyl adjacent to an activating group) is 1. The number of halogens is 1. The number of phenolic OH excluding ortho intramolecular Hbond substituents is 1. The average molecular weight is 639 g/mol. The minimum atomic E-state index is -3.07. The van der Waals surface area contributed by atoms with Gasteiger partial charge in [0.15, 0.2) is 17.0 Å². The molecule has 0 saturated heterocycles. The molecule has 1 amide bonds. The highest BCUT2D eigenvalue weighted by atomic mass is 35.5. The number of aromatic hydroxyl groups is 1. The number of amides is 1. The highest BCUT2D eigenvalue weighted by Crippen LogP contribution is 2.62. The van der Waals surface area contributed by atoms with Crippen molar-refractivity contribution in [2.24, 2.45) is 27.8 Å². The van der Waals surface area contributed by atoms with Gasteiger partial charge in [-0.2, -0.15) is 5.26 Å². The molecule has 11 N–H and O–H groups in total. The highest BCUT2D eigenvalue weighted by molar-refractivity contribution is 7.83. The number of fused-ring (bicyclic) bond motifs is 3. The fraction of sp³-hybridized carbons (Fsp3) is 0.241. The second-order valence-electron chi connectivity index (χ2n) is 11.1. The van der Waals surface area contributed by atoms with Gasteiger partial charge in [0.25, 0.3) is 5.91 Å². The zero-order valence-corrected chi connectivity index (χ0v) is 24.8. The van der Waals surface area contributed by atoms with Gasteiger partial charge in [-0.3, -0.25) is 24.4 Å². The summed E-state index contributed by atoms with van der Waals surface area (Å²) in [4.78, 5) is 42.3. The van der Waals surface area contributed by atoms with E-state index in [1.165, 1.54) is 43.3 Å². The number of ketones is 2. The van der Waals surface area contributed by atoms with Crippen LogP contribution in [0.4, 0.5) is 0 Å². The van der Waals surface area contributed by atoms with Crippen molar-refractivity contribution in [3.8, 4) is 11.8 Å². The van der Waals surface area contributed by atoms with Gasteiger partial charge in [0.1, 0.15) is 22.8 Å². The fourth-order valence-corrected chi connectivity index (χ4v) is 8.36. The molecule has 3 aliphatic carbocycles. The molecule has 2 aromatic rings. The number of nitrogens with zero attached hydrogens (tertiary/aromatic N) is 2. The van der Waals surface area contributed by atoms with Gasteiger partial charge in [-0.25, -0.2) is 4.21 Å². The predicted octanol–water partition coefficient (Wildman–Crippen LogP) is 0.158. The lowest BCUT2D eigenvalue weighted by atomic mass is 9.46. The van der Waals surface area contributed by atoms with Crippen LogP contribution < -0.4 is 22.3 Å². The normalized spacial score (nSPS) is 31.4. The number of carbonyl (C=O) groups is 3. The third-order valence-corrected chi connectivity index (χ3v) is 10.1. The third kappa shape index (κ3) is 3.65. The second kappa shape index (κ2) is 10.1. The number of nitrogens with two attached hydrogens (primary N) is 4. The SMILES string of the molecule is CN(C)[C@@H]1C(=O)C(C(N)=O)=C(O)[C@@]2(C#N)C(=O)C3=C(O)c4c(O)cccc4/C(=C\c4ccc(Cl)cc4)[C@@]3(N)[C@H](S(N)=O)[C@@]12N. The number of aliphatic hydroxyl groups is 2. The first-order valence-corrected chi connectivity index (χ1v) is 14.6. The zero-order valence-electron chi connectivity index (χ0n) is 23.2. The summed E-state index contributed by atoms with van der Waals surface area (Å²) < 4.78 is 13.8. The van der Waals surface area contributed by atoms with Gasteiger partial charge in [-0.05, 0) is 55.1 Å². The number of aliphatic hydroxyl groups excluding tert-OH is 2. The Balaban J connectivity index is 2.05. The van der Waals surface area contributed by atoms with Crippen LogP contribution in [0.3, 0.4) is 0 Å². The topological polar surface area (TPSA) is 260 Å². The van der Waals surface area contributed by atoms with Gasteiger partial charge >= 0.3 is 0 Å². The molecular weight excluding hydrogens is 612 g/mol. The van der Waals surface area contributed by atoms with Gasteiger partial charge < -0.3 is 32.5 Å². The summed E-state index contributed by atoms with van der Waals surface area (Å²) in [6, 6.07) is 10.3. The Labute approximate surface area is 258 Å². The van der Waals surface area contributed by atoms with Crippen molar-refractivity contribution in [1.82, 2.24) is 4.90 Å². The number of Topliss-reactive ketones (excluding diaryl/α,β-unsaturated/α-hetero) is 2. The number of hydrogen-bond donors (Lipinski definition) is 7. The lowest BCUT2D eigenvalue weighted by molar-refractivity contribution is -0.137. The van der Waals surface area contributed by atoms with Gasteiger partial charge in [0.2, 0.25) is 0 Å². The van der Waals surface area contributed by atoms with E-state index in [0.29, 0.717) is 10.6 Å². The predicted molar refractivity (Wildman–Crippen MR) is 161 cm³/mol. The van der Waals surface area contributed by atoms with Gasteiger partial charge in [-0.15, -0.1) is 0 Å². The smallest absolute Gasteiger partial charge is 0.255 e. The van der Waals surface area contributed by atoms with Gasteiger partial charge in [0, 0.05) is 5.02 Å². The number of carbonyl (C=O) groups excluding carboxylic acids is 3. The van der Waals surface area contributed by atoms with E-state index in [9.17, 15) is 39.2 Å². The van der Waals surface area contributed by atoms with E-state index in [1.54, 1.807) is 30.3 Å². The fourth-order valence-electron chi connectivity index (χ4n) is 6.93. The van der Waals surface area contributed by atoms with Crippen molar-refractivity contribution >= 4 is 57.5 Å². The Morgan fingerprint density at radius 1 is 1.11 bits per heavy atom. The van der Waals surface area contributed by atoms with Gasteiger partial charge in [-0.1, -0.05) is 35.9 Å². The maximum atomic E-state index is 14.8. The number of rotatable bonds is 4. The van der Waals surface area contributed by atoms with E-state index < -0.39 is 84.7 Å². The first kappa shape index (κ1) is 31.1. The van der Waals surface area contributed by atoms with E-state index in [0.717, 1.165) is 0 Å². The van der Waals surface area contributed by atoms with Crippen molar-refractivity contribution in [2.75, 3.05) is 14.1 Å². The molecule has 44 heavy (non-hydrogen) atoms. The molecule has 13 nitrogen and oxygen atoms in total. The van der Waals surface area contributed by atoms with Crippen LogP contribution >= 0.6 is 11.6 Å². The maximum Gasteiger partial charge on any atom is 0.255 e. The van der Waals surface area contributed by atoms with Crippen molar-refractivity contribution in [1.29, 1.82) is 5.26 Å². The Morgan fingerprint density at radius 2 is 1.73 bits per heavy atom. The largest absolute Gasteiger partial charge is 0.509 e. The van der Waals surface area contributed by atoms with E-state index in [1.807, 2.05) is 0 Å². The average Bonchev–Trinajstić information content (AvgIpc) is 2.91. The summed E-state index contributed by atoms with van der Waals surface area (Å²) in [6.45, 7) is 0. The molecule has 0 aromatic heterocycles. The number of benzene rings is 2. The van der Waals surface area contributed by atoms with Crippen molar-refractivity contribution in [2.45, 2.75) is 22.4 Å². The standard InChI is InChI=1S/C29H27ClN6O7S/c1-36(2)22-21(39)18(25(32)42)23(40)27(11-31)24(41)19-20(38)17-14(4-3-5-16(17)37)15(10-12-6-8-13(30)9-7-12)28(19,33)26(44(35)43)29(22,27)34/h3-10,22,26,37-38,40H,33-35H2,1-2H3,(H2,32,42)/b15-10+/t22-,26+,27+,28+,29+,44?/m1/s1. The number of phenols is 1. The Morgan fingerprint density at radius 3 is 2.25 bits per heavy atom. The van der Waals surface area contributed by atoms with Crippen LogP contribution in [0.5, 0.6) is 5.75 Å². The minimum Gasteiger partial charge on any atom is -0.509 e. The maximum absolute atomic E-state index is 14.8. The Hall–Kier alpha value is -4.36. The molecule has 228 valence electrons. The van der Waals surface area contributed by atoms with E-state index in [-0.39, 0.29) is 16.7 Å². The molecule has 0 spiro atoms.